The number of likely N-dealkylation sites (tertiary alicyclic amines) is 2. The number of piperidine rings is 2. The molecule has 2 atom stereocenters. The fraction of sp³-hybridized carbons (Fsp3) is 0.414. The van der Waals surface area contributed by atoms with Crippen LogP contribution in [0.2, 0.25) is 0 Å². The highest BCUT2D eigenvalue weighted by Crippen LogP contribution is 2.32. The summed E-state index contributed by atoms with van der Waals surface area (Å²) in [5.41, 5.74) is 4.64. The summed E-state index contributed by atoms with van der Waals surface area (Å²) in [4.78, 5) is 30.6. The zero-order valence-corrected chi connectivity index (χ0v) is 21.3. The number of nitrogens with zero attached hydrogens (tertiary/aromatic N) is 4. The molecule has 0 unspecified atom stereocenters. The lowest BCUT2D eigenvalue weighted by atomic mass is 9.83. The summed E-state index contributed by atoms with van der Waals surface area (Å²) in [6.45, 7) is 6.86. The standard InChI is InChI=1S/C29H34N4O3/c1-20-16-21(2)33(30-20)18-22-9-11-23(12-10-22)29(35)32-14-5-7-25-19-31(15-13-27(25)32)28(34)24-6-4-8-26(17-24)36-3/h4,6,8-12,16-17,25,27H,5,7,13-15,18-19H2,1-3H3/t25-,27-/m1/s1. The number of fused-ring (bicyclic) bond motifs is 1. The summed E-state index contributed by atoms with van der Waals surface area (Å²) >= 11 is 0. The average molecular weight is 487 g/mol. The maximum Gasteiger partial charge on any atom is 0.254 e. The molecule has 0 saturated carbocycles. The van der Waals surface area contributed by atoms with Gasteiger partial charge in [-0.2, -0.15) is 5.10 Å². The third-order valence-corrected chi connectivity index (χ3v) is 7.57. The molecule has 188 valence electrons. The molecule has 5 rings (SSSR count). The Kier molecular flexibility index (Phi) is 6.81. The van der Waals surface area contributed by atoms with Crippen LogP contribution in [-0.2, 0) is 6.54 Å². The summed E-state index contributed by atoms with van der Waals surface area (Å²) < 4.78 is 7.27. The number of ether oxygens (including phenoxy) is 1. The van der Waals surface area contributed by atoms with Crippen molar-refractivity contribution in [3.05, 3.63) is 82.7 Å². The first-order valence-corrected chi connectivity index (χ1v) is 12.8. The maximum atomic E-state index is 13.5. The zero-order valence-electron chi connectivity index (χ0n) is 21.3. The molecule has 2 aliphatic heterocycles. The van der Waals surface area contributed by atoms with Gasteiger partial charge in [-0.15, -0.1) is 0 Å². The van der Waals surface area contributed by atoms with Crippen molar-refractivity contribution < 1.29 is 14.3 Å². The van der Waals surface area contributed by atoms with E-state index in [1.54, 1.807) is 13.2 Å². The van der Waals surface area contributed by atoms with Gasteiger partial charge in [0.25, 0.3) is 11.8 Å². The van der Waals surface area contributed by atoms with Gasteiger partial charge in [-0.3, -0.25) is 14.3 Å². The largest absolute Gasteiger partial charge is 0.497 e. The predicted molar refractivity (Wildman–Crippen MR) is 138 cm³/mol. The van der Waals surface area contributed by atoms with Crippen molar-refractivity contribution in [2.75, 3.05) is 26.7 Å². The van der Waals surface area contributed by atoms with Crippen molar-refractivity contribution in [2.24, 2.45) is 5.92 Å². The van der Waals surface area contributed by atoms with Crippen LogP contribution in [0.1, 0.15) is 56.9 Å². The molecule has 0 radical (unpaired) electrons. The third-order valence-electron chi connectivity index (χ3n) is 7.57. The monoisotopic (exact) mass is 486 g/mol. The van der Waals surface area contributed by atoms with Crippen molar-refractivity contribution in [1.29, 1.82) is 0 Å². The highest BCUT2D eigenvalue weighted by atomic mass is 16.5. The number of aromatic nitrogens is 2. The fourth-order valence-electron chi connectivity index (χ4n) is 5.71. The van der Waals surface area contributed by atoms with Crippen LogP contribution in [0.25, 0.3) is 0 Å². The van der Waals surface area contributed by atoms with Gasteiger partial charge in [0.1, 0.15) is 5.75 Å². The van der Waals surface area contributed by atoms with Crippen LogP contribution in [0.5, 0.6) is 5.75 Å². The molecular weight excluding hydrogens is 452 g/mol. The number of carbonyl (C=O) groups is 2. The van der Waals surface area contributed by atoms with Gasteiger partial charge in [0.05, 0.1) is 19.3 Å². The normalized spacial score (nSPS) is 19.6. The lowest BCUT2D eigenvalue weighted by Crippen LogP contribution is -2.56. The molecule has 0 aliphatic carbocycles. The quantitative estimate of drug-likeness (QED) is 0.539. The third kappa shape index (κ3) is 4.87. The van der Waals surface area contributed by atoms with E-state index in [1.165, 1.54) is 0 Å². The Morgan fingerprint density at radius 3 is 2.50 bits per heavy atom. The molecule has 7 nitrogen and oxygen atoms in total. The Hall–Kier alpha value is -3.61. The Morgan fingerprint density at radius 1 is 0.972 bits per heavy atom. The second kappa shape index (κ2) is 10.2. The molecule has 2 aromatic carbocycles. The number of aryl methyl sites for hydroxylation is 2. The van der Waals surface area contributed by atoms with Gasteiger partial charge in [0, 0.05) is 42.5 Å². The Morgan fingerprint density at radius 2 is 1.78 bits per heavy atom. The topological polar surface area (TPSA) is 67.7 Å². The molecular formula is C29H34N4O3. The minimum absolute atomic E-state index is 0.0361. The van der Waals surface area contributed by atoms with E-state index in [-0.39, 0.29) is 17.9 Å². The number of benzene rings is 2. The summed E-state index contributed by atoms with van der Waals surface area (Å²) in [6, 6.07) is 17.5. The second-order valence-corrected chi connectivity index (χ2v) is 10.0. The average Bonchev–Trinajstić information content (AvgIpc) is 3.23. The SMILES string of the molecule is COc1cccc(C(=O)N2CC[C@@H]3[C@H](CCCN3C(=O)c3ccc(Cn4nc(C)cc4C)cc3)C2)c1. The van der Waals surface area contributed by atoms with Gasteiger partial charge in [0.2, 0.25) is 0 Å². The van der Waals surface area contributed by atoms with Crippen LogP contribution >= 0.6 is 0 Å². The molecule has 2 amide bonds. The van der Waals surface area contributed by atoms with Gasteiger partial charge >= 0.3 is 0 Å². The lowest BCUT2D eigenvalue weighted by molar-refractivity contribution is 0.0197. The Labute approximate surface area is 212 Å². The van der Waals surface area contributed by atoms with Gasteiger partial charge in [0.15, 0.2) is 0 Å². The van der Waals surface area contributed by atoms with E-state index in [0.29, 0.717) is 36.9 Å². The first kappa shape index (κ1) is 24.1. The minimum Gasteiger partial charge on any atom is -0.497 e. The van der Waals surface area contributed by atoms with Crippen LogP contribution in [0.15, 0.2) is 54.6 Å². The van der Waals surface area contributed by atoms with E-state index in [2.05, 4.69) is 23.0 Å². The summed E-state index contributed by atoms with van der Waals surface area (Å²) in [6.07, 6.45) is 2.81. The summed E-state index contributed by atoms with van der Waals surface area (Å²) in [5, 5.41) is 4.54. The minimum atomic E-state index is 0.0361. The van der Waals surface area contributed by atoms with E-state index in [0.717, 1.165) is 48.3 Å². The molecule has 0 bridgehead atoms. The van der Waals surface area contributed by atoms with Crippen molar-refractivity contribution in [1.82, 2.24) is 19.6 Å². The van der Waals surface area contributed by atoms with Crippen molar-refractivity contribution in [2.45, 2.75) is 45.7 Å². The molecule has 3 aromatic rings. The highest BCUT2D eigenvalue weighted by Gasteiger charge is 2.39. The number of carbonyl (C=O) groups excluding carboxylic acids is 2. The van der Waals surface area contributed by atoms with E-state index in [9.17, 15) is 9.59 Å². The molecule has 2 fully saturated rings. The Bertz CT molecular complexity index is 1250. The first-order valence-electron chi connectivity index (χ1n) is 12.8. The molecule has 0 N–H and O–H groups in total. The number of hydrogen-bond acceptors (Lipinski definition) is 4. The molecule has 1 aromatic heterocycles. The van der Waals surface area contributed by atoms with Crippen LogP contribution in [-0.4, -0.2) is 64.2 Å². The fourth-order valence-corrected chi connectivity index (χ4v) is 5.71. The van der Waals surface area contributed by atoms with Crippen LogP contribution in [0.3, 0.4) is 0 Å². The number of amides is 2. The number of hydrogen-bond donors (Lipinski definition) is 0. The van der Waals surface area contributed by atoms with Crippen LogP contribution in [0.4, 0.5) is 0 Å². The van der Waals surface area contributed by atoms with E-state index in [4.69, 9.17) is 4.74 Å². The van der Waals surface area contributed by atoms with Gasteiger partial charge < -0.3 is 14.5 Å². The van der Waals surface area contributed by atoms with E-state index >= 15 is 0 Å². The van der Waals surface area contributed by atoms with Gasteiger partial charge in [-0.25, -0.2) is 0 Å². The molecule has 2 aliphatic rings. The Balaban J connectivity index is 1.24. The first-order chi connectivity index (χ1) is 17.4. The van der Waals surface area contributed by atoms with Crippen molar-refractivity contribution in [3.8, 4) is 5.75 Å². The van der Waals surface area contributed by atoms with Gasteiger partial charge in [-0.1, -0.05) is 18.2 Å². The van der Waals surface area contributed by atoms with Crippen molar-refractivity contribution >= 4 is 11.8 Å². The lowest BCUT2D eigenvalue weighted by Gasteiger charge is -2.47. The van der Waals surface area contributed by atoms with Gasteiger partial charge in [-0.05, 0) is 81.0 Å². The molecule has 3 heterocycles. The maximum absolute atomic E-state index is 13.5. The smallest absolute Gasteiger partial charge is 0.254 e. The molecule has 2 saturated heterocycles. The van der Waals surface area contributed by atoms with Crippen LogP contribution < -0.4 is 4.74 Å². The summed E-state index contributed by atoms with van der Waals surface area (Å²) in [5.74, 6) is 1.12. The number of rotatable bonds is 5. The predicted octanol–water partition coefficient (Wildman–Crippen LogP) is 4.32. The zero-order chi connectivity index (χ0) is 25.2. The molecule has 7 heteroatoms. The van der Waals surface area contributed by atoms with E-state index in [1.807, 2.05) is 59.0 Å². The molecule has 0 spiro atoms. The second-order valence-electron chi connectivity index (χ2n) is 10.0. The van der Waals surface area contributed by atoms with Crippen LogP contribution in [0, 0.1) is 19.8 Å². The summed E-state index contributed by atoms with van der Waals surface area (Å²) in [7, 11) is 1.61. The number of methoxy groups -OCH3 is 1. The van der Waals surface area contributed by atoms with Crippen molar-refractivity contribution in [3.63, 3.8) is 0 Å². The van der Waals surface area contributed by atoms with E-state index < -0.39 is 0 Å². The molecule has 36 heavy (non-hydrogen) atoms. The highest BCUT2D eigenvalue weighted by molar-refractivity contribution is 5.95.